The van der Waals surface area contributed by atoms with Gasteiger partial charge in [-0.15, -0.1) is 11.8 Å². The maximum Gasteiger partial charge on any atom is 0.240 e. The van der Waals surface area contributed by atoms with Gasteiger partial charge in [-0.05, 0) is 42.0 Å². The zero-order valence-corrected chi connectivity index (χ0v) is 22.7. The van der Waals surface area contributed by atoms with E-state index in [2.05, 4.69) is 5.32 Å². The molecule has 7 nitrogen and oxygen atoms in total. The fraction of sp³-hybridized carbons (Fsp3) is 0.207. The summed E-state index contributed by atoms with van der Waals surface area (Å²) in [6.45, 7) is 0.458. The van der Waals surface area contributed by atoms with E-state index in [9.17, 15) is 14.0 Å². The second kappa shape index (κ2) is 12.0. The maximum atomic E-state index is 13.9. The Morgan fingerprint density at radius 1 is 1.13 bits per heavy atom. The Hall–Kier alpha value is -3.66. The lowest BCUT2D eigenvalue weighted by atomic mass is 9.99. The molecule has 3 aromatic carbocycles. The van der Waals surface area contributed by atoms with Crippen molar-refractivity contribution in [1.82, 2.24) is 15.1 Å². The Labute approximate surface area is 234 Å². The largest absolute Gasteiger partial charge is 0.383 e. The van der Waals surface area contributed by atoms with E-state index < -0.39 is 5.82 Å². The number of halogens is 2. The van der Waals surface area contributed by atoms with Gasteiger partial charge in [0.1, 0.15) is 18.2 Å². The second-order valence-electron chi connectivity index (χ2n) is 8.91. The summed E-state index contributed by atoms with van der Waals surface area (Å²) in [5.41, 5.74) is 3.74. The predicted molar refractivity (Wildman–Crippen MR) is 152 cm³/mol. The van der Waals surface area contributed by atoms with Crippen LogP contribution in [0.1, 0.15) is 16.4 Å². The van der Waals surface area contributed by atoms with E-state index in [4.69, 9.17) is 21.4 Å². The number of thioether (sulfide) groups is 1. The van der Waals surface area contributed by atoms with Crippen molar-refractivity contribution >= 4 is 41.0 Å². The number of ether oxygens (including phenoxy) is 1. The van der Waals surface area contributed by atoms with Gasteiger partial charge >= 0.3 is 0 Å². The Morgan fingerprint density at radius 2 is 1.90 bits per heavy atom. The quantitative estimate of drug-likeness (QED) is 0.295. The van der Waals surface area contributed by atoms with Crippen LogP contribution in [0.4, 0.5) is 10.2 Å². The number of anilines is 1. The van der Waals surface area contributed by atoms with Crippen LogP contribution in [0, 0.1) is 5.82 Å². The van der Waals surface area contributed by atoms with E-state index in [1.54, 1.807) is 30.0 Å². The zero-order chi connectivity index (χ0) is 27.4. The highest BCUT2D eigenvalue weighted by Gasteiger charge is 2.37. The maximum absolute atomic E-state index is 13.9. The highest BCUT2D eigenvalue weighted by molar-refractivity contribution is 8.00. The van der Waals surface area contributed by atoms with Crippen molar-refractivity contribution in [1.29, 1.82) is 0 Å². The molecular formula is C29H26ClFN4O3S. The standard InChI is InChI=1S/C29H26ClFN4O3S/c1-38-15-14-32-24(36)17-34-25(37)18-39-28(20-8-5-9-21(30)16-20)26-27(19-6-3-2-4-7-19)33-35(29(26)34)23-12-10-22(31)11-13-23/h2-13,16,28H,14-15,17-18H2,1H3,(H,32,36)/t28-/m0/s1. The van der Waals surface area contributed by atoms with Crippen LogP contribution in [0.5, 0.6) is 0 Å². The van der Waals surface area contributed by atoms with Crippen LogP contribution in [0.15, 0.2) is 78.9 Å². The van der Waals surface area contributed by atoms with Crippen LogP contribution < -0.4 is 10.2 Å². The number of rotatable bonds is 8. The third kappa shape index (κ3) is 5.85. The molecule has 0 bridgehead atoms. The Balaban J connectivity index is 1.75. The number of nitrogens with zero attached hydrogens (tertiary/aromatic N) is 3. The number of hydrogen-bond donors (Lipinski definition) is 1. The van der Waals surface area contributed by atoms with Gasteiger partial charge in [0.25, 0.3) is 0 Å². The van der Waals surface area contributed by atoms with E-state index in [0.717, 1.165) is 16.7 Å². The normalized spacial score (nSPS) is 15.1. The number of carbonyl (C=O) groups excluding carboxylic acids is 2. The van der Waals surface area contributed by atoms with Crippen molar-refractivity contribution in [2.75, 3.05) is 37.5 Å². The van der Waals surface area contributed by atoms with Gasteiger partial charge in [0.05, 0.1) is 29.0 Å². The minimum Gasteiger partial charge on any atom is -0.383 e. The van der Waals surface area contributed by atoms with Crippen LogP contribution in [0.3, 0.4) is 0 Å². The van der Waals surface area contributed by atoms with Crippen molar-refractivity contribution in [3.63, 3.8) is 0 Å². The third-order valence-electron chi connectivity index (χ3n) is 6.29. The average Bonchev–Trinajstić information content (AvgIpc) is 3.26. The Kier molecular flexibility index (Phi) is 8.30. The molecule has 1 atom stereocenters. The Bertz CT molecular complexity index is 1480. The van der Waals surface area contributed by atoms with Gasteiger partial charge in [0.2, 0.25) is 11.8 Å². The third-order valence-corrected chi connectivity index (χ3v) is 7.78. The summed E-state index contributed by atoms with van der Waals surface area (Å²) in [6, 6.07) is 23.1. The summed E-state index contributed by atoms with van der Waals surface area (Å²) in [6.07, 6.45) is 0. The van der Waals surface area contributed by atoms with Crippen molar-refractivity contribution in [3.05, 3.63) is 101 Å². The zero-order valence-electron chi connectivity index (χ0n) is 21.1. The summed E-state index contributed by atoms with van der Waals surface area (Å²) in [7, 11) is 1.55. The number of nitrogens with one attached hydrogen (secondary N) is 1. The number of carbonyl (C=O) groups is 2. The molecule has 0 fully saturated rings. The Morgan fingerprint density at radius 3 is 2.62 bits per heavy atom. The number of methoxy groups -OCH3 is 1. The summed E-state index contributed by atoms with van der Waals surface area (Å²) in [4.78, 5) is 28.1. The summed E-state index contributed by atoms with van der Waals surface area (Å²) < 4.78 is 20.5. The minimum absolute atomic E-state index is 0.134. The monoisotopic (exact) mass is 564 g/mol. The van der Waals surface area contributed by atoms with Gasteiger partial charge in [-0.2, -0.15) is 5.10 Å². The highest BCUT2D eigenvalue weighted by Crippen LogP contribution is 2.48. The molecule has 2 heterocycles. The van der Waals surface area contributed by atoms with Crippen LogP contribution in [0.2, 0.25) is 5.02 Å². The summed E-state index contributed by atoms with van der Waals surface area (Å²) in [5.74, 6) is -0.365. The molecule has 5 rings (SSSR count). The predicted octanol–water partition coefficient (Wildman–Crippen LogP) is 5.26. The molecule has 1 N–H and O–H groups in total. The molecule has 1 aliphatic heterocycles. The number of fused-ring (bicyclic) bond motifs is 1. The average molecular weight is 565 g/mol. The molecule has 0 saturated heterocycles. The first-order valence-corrected chi connectivity index (χ1v) is 13.8. The number of benzene rings is 3. The highest BCUT2D eigenvalue weighted by atomic mass is 35.5. The molecule has 2 amide bonds. The van der Waals surface area contributed by atoms with Crippen molar-refractivity contribution in [3.8, 4) is 16.9 Å². The molecule has 0 spiro atoms. The molecule has 10 heteroatoms. The van der Waals surface area contributed by atoms with Gasteiger partial charge < -0.3 is 10.1 Å². The first-order chi connectivity index (χ1) is 19.0. The SMILES string of the molecule is COCCNC(=O)CN1C(=O)CS[C@@H](c2cccc(Cl)c2)c2c(-c3ccccc3)nn(-c3ccc(F)cc3)c21. The molecule has 0 radical (unpaired) electrons. The lowest BCUT2D eigenvalue weighted by molar-refractivity contribution is -0.123. The molecule has 200 valence electrons. The van der Waals surface area contributed by atoms with E-state index in [1.807, 2.05) is 48.5 Å². The lowest BCUT2D eigenvalue weighted by Gasteiger charge is -2.23. The first kappa shape index (κ1) is 26.9. The molecule has 4 aromatic rings. The van der Waals surface area contributed by atoms with Gasteiger partial charge in [0.15, 0.2) is 0 Å². The fourth-order valence-electron chi connectivity index (χ4n) is 4.52. The number of amides is 2. The number of aromatic nitrogens is 2. The first-order valence-electron chi connectivity index (χ1n) is 12.3. The molecule has 1 aromatic heterocycles. The van der Waals surface area contributed by atoms with Crippen molar-refractivity contribution < 1.29 is 18.7 Å². The summed E-state index contributed by atoms with van der Waals surface area (Å²) in [5, 5.41) is 8.03. The second-order valence-corrected chi connectivity index (χ2v) is 10.4. The van der Waals surface area contributed by atoms with Crippen LogP contribution in [-0.4, -0.2) is 54.2 Å². The van der Waals surface area contributed by atoms with E-state index in [-0.39, 0.29) is 29.4 Å². The van der Waals surface area contributed by atoms with Crippen molar-refractivity contribution in [2.45, 2.75) is 5.25 Å². The molecule has 0 aliphatic carbocycles. The van der Waals surface area contributed by atoms with Gasteiger partial charge in [0, 0.05) is 29.8 Å². The molecule has 1 aliphatic rings. The molecular weight excluding hydrogens is 539 g/mol. The van der Waals surface area contributed by atoms with Gasteiger partial charge in [-0.25, -0.2) is 9.07 Å². The molecule has 39 heavy (non-hydrogen) atoms. The van der Waals surface area contributed by atoms with Crippen molar-refractivity contribution in [2.24, 2.45) is 0 Å². The fourth-order valence-corrected chi connectivity index (χ4v) is 5.90. The van der Waals surface area contributed by atoms with E-state index >= 15 is 0 Å². The van der Waals surface area contributed by atoms with E-state index in [0.29, 0.717) is 35.4 Å². The van der Waals surface area contributed by atoms with E-state index in [1.165, 1.54) is 28.8 Å². The van der Waals surface area contributed by atoms with Gasteiger partial charge in [-0.3, -0.25) is 14.5 Å². The summed E-state index contributed by atoms with van der Waals surface area (Å²) >= 11 is 7.84. The smallest absolute Gasteiger partial charge is 0.240 e. The molecule has 0 saturated carbocycles. The lowest BCUT2D eigenvalue weighted by Crippen LogP contribution is -2.43. The molecule has 0 unspecified atom stereocenters. The van der Waals surface area contributed by atoms with Gasteiger partial charge in [-0.1, -0.05) is 54.1 Å². The van der Waals surface area contributed by atoms with Crippen LogP contribution in [-0.2, 0) is 14.3 Å². The van der Waals surface area contributed by atoms with Crippen LogP contribution >= 0.6 is 23.4 Å². The number of hydrogen-bond acceptors (Lipinski definition) is 5. The van der Waals surface area contributed by atoms with Crippen LogP contribution in [0.25, 0.3) is 16.9 Å². The minimum atomic E-state index is -0.391. The topological polar surface area (TPSA) is 76.5 Å².